The lowest BCUT2D eigenvalue weighted by molar-refractivity contribution is 0.227. The molecule has 16 heavy (non-hydrogen) atoms. The van der Waals surface area contributed by atoms with E-state index in [0.717, 1.165) is 31.7 Å². The second-order valence-corrected chi connectivity index (χ2v) is 5.07. The third-order valence-corrected chi connectivity index (χ3v) is 3.02. The van der Waals surface area contributed by atoms with Gasteiger partial charge in [-0.2, -0.15) is 0 Å². The lowest BCUT2D eigenvalue weighted by Gasteiger charge is -2.12. The molecular weight excluding hydrogens is 222 g/mol. The van der Waals surface area contributed by atoms with Gasteiger partial charge >= 0.3 is 0 Å². The van der Waals surface area contributed by atoms with E-state index in [-0.39, 0.29) is 11.5 Å². The van der Waals surface area contributed by atoms with Crippen molar-refractivity contribution in [3.8, 4) is 5.75 Å². The molecule has 0 spiro atoms. The van der Waals surface area contributed by atoms with Crippen molar-refractivity contribution in [2.45, 2.75) is 31.2 Å². The van der Waals surface area contributed by atoms with Crippen LogP contribution in [0.5, 0.6) is 5.75 Å². The summed E-state index contributed by atoms with van der Waals surface area (Å²) in [5, 5.41) is 3.63. The highest BCUT2D eigenvalue weighted by atomic mass is 35.5. The SMILES string of the molecule is CC(Cl)CCNCC1Cc2ccccc2O1. The van der Waals surface area contributed by atoms with Gasteiger partial charge < -0.3 is 10.1 Å². The summed E-state index contributed by atoms with van der Waals surface area (Å²) in [5.41, 5.74) is 1.32. The molecule has 1 aliphatic rings. The molecule has 0 bridgehead atoms. The Kier molecular flexibility index (Phi) is 4.08. The van der Waals surface area contributed by atoms with E-state index in [1.165, 1.54) is 5.56 Å². The van der Waals surface area contributed by atoms with E-state index < -0.39 is 0 Å². The quantitative estimate of drug-likeness (QED) is 0.630. The minimum atomic E-state index is 0.245. The van der Waals surface area contributed by atoms with Crippen molar-refractivity contribution in [2.75, 3.05) is 13.1 Å². The summed E-state index contributed by atoms with van der Waals surface area (Å²) in [6.07, 6.45) is 2.30. The molecule has 0 aromatic heterocycles. The van der Waals surface area contributed by atoms with Gasteiger partial charge in [-0.1, -0.05) is 18.2 Å². The van der Waals surface area contributed by atoms with Gasteiger partial charge in [0.2, 0.25) is 0 Å². The molecule has 1 aromatic carbocycles. The van der Waals surface area contributed by atoms with Crippen molar-refractivity contribution < 1.29 is 4.74 Å². The van der Waals surface area contributed by atoms with Crippen LogP contribution in [0, 0.1) is 0 Å². The van der Waals surface area contributed by atoms with Crippen LogP contribution in [0.25, 0.3) is 0 Å². The molecule has 1 N–H and O–H groups in total. The Morgan fingerprint density at radius 3 is 3.06 bits per heavy atom. The number of para-hydroxylation sites is 1. The number of fused-ring (bicyclic) bond motifs is 1. The molecule has 1 aromatic rings. The van der Waals surface area contributed by atoms with Gasteiger partial charge in [-0.15, -0.1) is 11.6 Å². The standard InChI is InChI=1S/C13H18ClNO/c1-10(14)6-7-15-9-12-8-11-4-2-3-5-13(11)16-12/h2-5,10,12,15H,6-9H2,1H3. The molecular formula is C13H18ClNO. The molecule has 2 rings (SSSR count). The number of hydrogen-bond acceptors (Lipinski definition) is 2. The normalized spacial score (nSPS) is 20.2. The van der Waals surface area contributed by atoms with Crippen LogP contribution >= 0.6 is 11.6 Å². The third-order valence-electron chi connectivity index (χ3n) is 2.80. The van der Waals surface area contributed by atoms with Gasteiger partial charge in [0.1, 0.15) is 11.9 Å². The molecule has 88 valence electrons. The monoisotopic (exact) mass is 239 g/mol. The first-order valence-electron chi connectivity index (χ1n) is 5.85. The number of alkyl halides is 1. The van der Waals surface area contributed by atoms with Crippen LogP contribution in [0.4, 0.5) is 0 Å². The number of nitrogens with one attached hydrogen (secondary N) is 1. The second-order valence-electron chi connectivity index (χ2n) is 4.33. The van der Waals surface area contributed by atoms with Crippen LogP contribution in [-0.2, 0) is 6.42 Å². The predicted molar refractivity (Wildman–Crippen MR) is 67.4 cm³/mol. The average molecular weight is 240 g/mol. The molecule has 1 heterocycles. The highest BCUT2D eigenvalue weighted by Gasteiger charge is 2.21. The Bertz CT molecular complexity index is 315. The van der Waals surface area contributed by atoms with Gasteiger partial charge in [-0.3, -0.25) is 0 Å². The minimum Gasteiger partial charge on any atom is -0.488 e. The van der Waals surface area contributed by atoms with Crippen molar-refractivity contribution in [2.24, 2.45) is 0 Å². The summed E-state index contributed by atoms with van der Waals surface area (Å²) in [5.74, 6) is 1.04. The zero-order chi connectivity index (χ0) is 11.4. The molecule has 0 aliphatic carbocycles. The fraction of sp³-hybridized carbons (Fsp3) is 0.538. The molecule has 0 saturated carbocycles. The lowest BCUT2D eigenvalue weighted by Crippen LogP contribution is -2.31. The van der Waals surface area contributed by atoms with E-state index >= 15 is 0 Å². The summed E-state index contributed by atoms with van der Waals surface area (Å²) in [6.45, 7) is 3.88. The summed E-state index contributed by atoms with van der Waals surface area (Å²) in [6, 6.07) is 8.25. The largest absolute Gasteiger partial charge is 0.488 e. The number of benzene rings is 1. The van der Waals surface area contributed by atoms with Gasteiger partial charge in [0.15, 0.2) is 0 Å². The topological polar surface area (TPSA) is 21.3 Å². The fourth-order valence-corrected chi connectivity index (χ4v) is 2.04. The maximum absolute atomic E-state index is 5.87. The van der Waals surface area contributed by atoms with Crippen LogP contribution in [-0.4, -0.2) is 24.6 Å². The van der Waals surface area contributed by atoms with Gasteiger partial charge in [-0.05, 0) is 31.5 Å². The van der Waals surface area contributed by atoms with E-state index in [2.05, 4.69) is 17.4 Å². The number of halogens is 1. The number of hydrogen-bond donors (Lipinski definition) is 1. The number of rotatable bonds is 5. The van der Waals surface area contributed by atoms with E-state index in [1.807, 2.05) is 19.1 Å². The summed E-state index contributed by atoms with van der Waals surface area (Å²) in [4.78, 5) is 0. The molecule has 0 radical (unpaired) electrons. The van der Waals surface area contributed by atoms with Crippen LogP contribution < -0.4 is 10.1 Å². The van der Waals surface area contributed by atoms with Crippen LogP contribution in [0.3, 0.4) is 0 Å². The Balaban J connectivity index is 1.71. The third kappa shape index (κ3) is 3.13. The smallest absolute Gasteiger partial charge is 0.123 e. The molecule has 2 unspecified atom stereocenters. The minimum absolute atomic E-state index is 0.245. The van der Waals surface area contributed by atoms with Crippen molar-refractivity contribution in [1.29, 1.82) is 0 Å². The highest BCUT2D eigenvalue weighted by Crippen LogP contribution is 2.27. The molecule has 2 atom stereocenters. The zero-order valence-corrected chi connectivity index (χ0v) is 10.3. The van der Waals surface area contributed by atoms with Gasteiger partial charge in [0.05, 0.1) is 0 Å². The highest BCUT2D eigenvalue weighted by molar-refractivity contribution is 6.20. The predicted octanol–water partition coefficient (Wildman–Crippen LogP) is 2.60. The summed E-state index contributed by atoms with van der Waals surface area (Å²) >= 11 is 5.87. The molecule has 0 fully saturated rings. The maximum Gasteiger partial charge on any atom is 0.123 e. The van der Waals surface area contributed by atoms with Crippen LogP contribution in [0.2, 0.25) is 0 Å². The second kappa shape index (κ2) is 5.55. The van der Waals surface area contributed by atoms with Crippen molar-refractivity contribution >= 4 is 11.6 Å². The Labute approximate surface area is 102 Å². The fourth-order valence-electron chi connectivity index (χ4n) is 1.93. The first-order chi connectivity index (χ1) is 7.75. The number of ether oxygens (including phenoxy) is 1. The Morgan fingerprint density at radius 2 is 2.31 bits per heavy atom. The average Bonchev–Trinajstić information content (AvgIpc) is 2.66. The maximum atomic E-state index is 5.87. The van der Waals surface area contributed by atoms with Gasteiger partial charge in [-0.25, -0.2) is 0 Å². The zero-order valence-electron chi connectivity index (χ0n) is 9.58. The van der Waals surface area contributed by atoms with Gasteiger partial charge in [0.25, 0.3) is 0 Å². The Hall–Kier alpha value is -0.730. The summed E-state index contributed by atoms with van der Waals surface area (Å²) < 4.78 is 5.82. The van der Waals surface area contributed by atoms with E-state index in [0.29, 0.717) is 0 Å². The molecule has 0 amide bonds. The molecule has 1 aliphatic heterocycles. The first kappa shape index (κ1) is 11.7. The Morgan fingerprint density at radius 1 is 1.50 bits per heavy atom. The molecule has 3 heteroatoms. The lowest BCUT2D eigenvalue weighted by atomic mass is 10.1. The summed E-state index contributed by atoms with van der Waals surface area (Å²) in [7, 11) is 0. The van der Waals surface area contributed by atoms with Crippen molar-refractivity contribution in [1.82, 2.24) is 5.32 Å². The van der Waals surface area contributed by atoms with E-state index in [4.69, 9.17) is 16.3 Å². The van der Waals surface area contributed by atoms with Gasteiger partial charge in [0, 0.05) is 18.3 Å². The first-order valence-corrected chi connectivity index (χ1v) is 6.28. The molecule has 2 nitrogen and oxygen atoms in total. The van der Waals surface area contributed by atoms with E-state index in [1.54, 1.807) is 0 Å². The van der Waals surface area contributed by atoms with Crippen LogP contribution in [0.1, 0.15) is 18.9 Å². The van der Waals surface area contributed by atoms with Crippen LogP contribution in [0.15, 0.2) is 24.3 Å². The molecule has 0 saturated heterocycles. The van der Waals surface area contributed by atoms with E-state index in [9.17, 15) is 0 Å². The van der Waals surface area contributed by atoms with Crippen molar-refractivity contribution in [3.05, 3.63) is 29.8 Å². The van der Waals surface area contributed by atoms with Crippen molar-refractivity contribution in [3.63, 3.8) is 0 Å².